The van der Waals surface area contributed by atoms with E-state index < -0.39 is 5.60 Å². The Balaban J connectivity index is 1.61. The number of nitrogens with zero attached hydrogens (tertiary/aromatic N) is 1. The van der Waals surface area contributed by atoms with E-state index in [1.165, 1.54) is 0 Å². The summed E-state index contributed by atoms with van der Waals surface area (Å²) in [6.45, 7) is 4.49. The predicted molar refractivity (Wildman–Crippen MR) is 70.9 cm³/mol. The highest BCUT2D eigenvalue weighted by Gasteiger charge is 2.32. The number of esters is 1. The number of hydrogen-bond acceptors (Lipinski definition) is 5. The second-order valence-electron chi connectivity index (χ2n) is 5.64. The monoisotopic (exact) mass is 271 g/mol. The average Bonchev–Trinajstić information content (AvgIpc) is 2.40. The molecule has 1 N–H and O–H groups in total. The standard InChI is InChI=1S/C14H25NO4/c16-13(12-14(17)4-2-1-3-5-14)19-11-8-15-6-9-18-10-7-15/h17H,1-12H2. The zero-order valence-corrected chi connectivity index (χ0v) is 11.6. The molecule has 0 atom stereocenters. The van der Waals surface area contributed by atoms with E-state index in [4.69, 9.17) is 9.47 Å². The van der Waals surface area contributed by atoms with Gasteiger partial charge in [-0.05, 0) is 12.8 Å². The van der Waals surface area contributed by atoms with E-state index in [2.05, 4.69) is 4.90 Å². The number of hydrogen-bond donors (Lipinski definition) is 1. The van der Waals surface area contributed by atoms with Gasteiger partial charge in [0.05, 0.1) is 25.2 Å². The Morgan fingerprint density at radius 1 is 1.21 bits per heavy atom. The lowest BCUT2D eigenvalue weighted by atomic mass is 9.82. The minimum Gasteiger partial charge on any atom is -0.464 e. The summed E-state index contributed by atoms with van der Waals surface area (Å²) in [6.07, 6.45) is 4.79. The van der Waals surface area contributed by atoms with Crippen LogP contribution in [0.15, 0.2) is 0 Å². The first-order chi connectivity index (χ1) is 9.18. The summed E-state index contributed by atoms with van der Waals surface area (Å²) in [6, 6.07) is 0. The van der Waals surface area contributed by atoms with E-state index in [1.54, 1.807) is 0 Å². The Morgan fingerprint density at radius 2 is 1.89 bits per heavy atom. The van der Waals surface area contributed by atoms with Crippen molar-refractivity contribution >= 4 is 5.97 Å². The summed E-state index contributed by atoms with van der Waals surface area (Å²) in [5.74, 6) is -0.266. The third-order valence-electron chi connectivity index (χ3n) is 4.03. The molecule has 0 aromatic rings. The first-order valence-corrected chi connectivity index (χ1v) is 7.36. The molecule has 2 rings (SSSR count). The smallest absolute Gasteiger partial charge is 0.308 e. The van der Waals surface area contributed by atoms with Crippen molar-refractivity contribution in [2.24, 2.45) is 0 Å². The number of carbonyl (C=O) groups excluding carboxylic acids is 1. The average molecular weight is 271 g/mol. The van der Waals surface area contributed by atoms with Crippen LogP contribution in [0.4, 0.5) is 0 Å². The highest BCUT2D eigenvalue weighted by atomic mass is 16.5. The fraction of sp³-hybridized carbons (Fsp3) is 0.929. The number of aliphatic hydroxyl groups is 1. The Labute approximate surface area is 114 Å². The number of carbonyl (C=O) groups is 1. The molecule has 5 heteroatoms. The Bertz CT molecular complexity index is 283. The third kappa shape index (κ3) is 5.09. The van der Waals surface area contributed by atoms with Crippen molar-refractivity contribution in [2.75, 3.05) is 39.5 Å². The lowest BCUT2D eigenvalue weighted by Crippen LogP contribution is -2.39. The minimum atomic E-state index is -0.811. The van der Waals surface area contributed by atoms with Gasteiger partial charge in [-0.1, -0.05) is 19.3 Å². The molecule has 2 aliphatic rings. The van der Waals surface area contributed by atoms with Crippen LogP contribution < -0.4 is 0 Å². The molecule has 0 radical (unpaired) electrons. The zero-order valence-electron chi connectivity index (χ0n) is 11.6. The van der Waals surface area contributed by atoms with Crippen LogP contribution in [0, 0.1) is 0 Å². The van der Waals surface area contributed by atoms with E-state index in [0.717, 1.165) is 65.0 Å². The van der Waals surface area contributed by atoms with Crippen LogP contribution in [0.5, 0.6) is 0 Å². The van der Waals surface area contributed by atoms with Crippen molar-refractivity contribution in [3.8, 4) is 0 Å². The summed E-state index contributed by atoms with van der Waals surface area (Å²) < 4.78 is 10.5. The second kappa shape index (κ2) is 7.22. The molecular weight excluding hydrogens is 246 g/mol. The summed E-state index contributed by atoms with van der Waals surface area (Å²) >= 11 is 0. The van der Waals surface area contributed by atoms with Crippen LogP contribution >= 0.6 is 0 Å². The van der Waals surface area contributed by atoms with Crippen LogP contribution in [0.2, 0.25) is 0 Å². The molecule has 1 heterocycles. The van der Waals surface area contributed by atoms with Crippen molar-refractivity contribution in [1.29, 1.82) is 0 Å². The van der Waals surface area contributed by atoms with Crippen LogP contribution in [0.3, 0.4) is 0 Å². The van der Waals surface area contributed by atoms with Gasteiger partial charge in [-0.15, -0.1) is 0 Å². The number of morpholine rings is 1. The van der Waals surface area contributed by atoms with Crippen LogP contribution in [0.25, 0.3) is 0 Å². The molecule has 110 valence electrons. The Kier molecular flexibility index (Phi) is 5.60. The van der Waals surface area contributed by atoms with Gasteiger partial charge in [0, 0.05) is 19.6 Å². The molecule has 1 aliphatic heterocycles. The van der Waals surface area contributed by atoms with Crippen molar-refractivity contribution in [1.82, 2.24) is 4.90 Å². The van der Waals surface area contributed by atoms with Gasteiger partial charge in [0.1, 0.15) is 6.61 Å². The van der Waals surface area contributed by atoms with E-state index in [-0.39, 0.29) is 12.4 Å². The maximum Gasteiger partial charge on any atom is 0.308 e. The molecule has 0 aromatic carbocycles. The lowest BCUT2D eigenvalue weighted by Gasteiger charge is -2.31. The quantitative estimate of drug-likeness (QED) is 0.754. The Hall–Kier alpha value is -0.650. The summed E-state index contributed by atoms with van der Waals surface area (Å²) in [7, 11) is 0. The number of rotatable bonds is 5. The van der Waals surface area contributed by atoms with Crippen molar-refractivity contribution in [3.05, 3.63) is 0 Å². The van der Waals surface area contributed by atoms with E-state index >= 15 is 0 Å². The fourth-order valence-electron chi connectivity index (χ4n) is 2.82. The highest BCUT2D eigenvalue weighted by molar-refractivity contribution is 5.70. The van der Waals surface area contributed by atoms with Gasteiger partial charge < -0.3 is 14.6 Å². The van der Waals surface area contributed by atoms with Crippen LogP contribution in [0.1, 0.15) is 38.5 Å². The molecular formula is C14H25NO4. The van der Waals surface area contributed by atoms with Crippen molar-refractivity contribution in [3.63, 3.8) is 0 Å². The molecule has 1 saturated carbocycles. The summed E-state index contributed by atoms with van der Waals surface area (Å²) in [4.78, 5) is 14.0. The maximum atomic E-state index is 11.7. The molecule has 0 aromatic heterocycles. The first kappa shape index (κ1) is 14.8. The van der Waals surface area contributed by atoms with E-state index in [1.807, 2.05) is 0 Å². The second-order valence-corrected chi connectivity index (χ2v) is 5.64. The van der Waals surface area contributed by atoms with Crippen molar-refractivity contribution in [2.45, 2.75) is 44.1 Å². The Morgan fingerprint density at radius 3 is 2.58 bits per heavy atom. The van der Waals surface area contributed by atoms with Gasteiger partial charge in [0.25, 0.3) is 0 Å². The highest BCUT2D eigenvalue weighted by Crippen LogP contribution is 2.30. The molecule has 0 unspecified atom stereocenters. The molecule has 5 nitrogen and oxygen atoms in total. The fourth-order valence-corrected chi connectivity index (χ4v) is 2.82. The predicted octanol–water partition coefficient (Wildman–Crippen LogP) is 0.947. The zero-order chi connectivity index (χ0) is 13.6. The lowest BCUT2D eigenvalue weighted by molar-refractivity contribution is -0.151. The SMILES string of the molecule is O=C(CC1(O)CCCCC1)OCCN1CCOCC1. The van der Waals surface area contributed by atoms with Gasteiger partial charge in [0.2, 0.25) is 0 Å². The molecule has 1 saturated heterocycles. The first-order valence-electron chi connectivity index (χ1n) is 7.36. The molecule has 1 aliphatic carbocycles. The summed E-state index contributed by atoms with van der Waals surface area (Å²) in [5, 5.41) is 10.3. The van der Waals surface area contributed by atoms with E-state index in [9.17, 15) is 9.90 Å². The van der Waals surface area contributed by atoms with Gasteiger partial charge >= 0.3 is 5.97 Å². The van der Waals surface area contributed by atoms with Crippen LogP contribution in [-0.2, 0) is 14.3 Å². The summed E-state index contributed by atoms with van der Waals surface area (Å²) in [5.41, 5.74) is -0.811. The van der Waals surface area contributed by atoms with E-state index in [0.29, 0.717) is 6.61 Å². The molecule has 0 spiro atoms. The number of ether oxygens (including phenoxy) is 2. The minimum absolute atomic E-state index is 0.149. The van der Waals surface area contributed by atoms with Gasteiger partial charge in [-0.25, -0.2) is 0 Å². The van der Waals surface area contributed by atoms with Gasteiger partial charge in [-0.2, -0.15) is 0 Å². The largest absolute Gasteiger partial charge is 0.464 e. The van der Waals surface area contributed by atoms with Crippen molar-refractivity contribution < 1.29 is 19.4 Å². The van der Waals surface area contributed by atoms with Gasteiger partial charge in [-0.3, -0.25) is 9.69 Å². The topological polar surface area (TPSA) is 59.0 Å². The maximum absolute atomic E-state index is 11.7. The molecule has 0 amide bonds. The molecule has 0 bridgehead atoms. The molecule has 19 heavy (non-hydrogen) atoms. The van der Waals surface area contributed by atoms with Crippen LogP contribution in [-0.4, -0.2) is 61.0 Å². The molecule has 2 fully saturated rings. The third-order valence-corrected chi connectivity index (χ3v) is 4.03. The normalized spacial score (nSPS) is 24.1. The van der Waals surface area contributed by atoms with Gasteiger partial charge in [0.15, 0.2) is 0 Å².